The van der Waals surface area contributed by atoms with Gasteiger partial charge in [0, 0.05) is 29.6 Å². The zero-order valence-electron chi connectivity index (χ0n) is 11.8. The van der Waals surface area contributed by atoms with Crippen molar-refractivity contribution in [2.45, 2.75) is 26.3 Å². The van der Waals surface area contributed by atoms with Crippen LogP contribution in [0.1, 0.15) is 19.8 Å². The summed E-state index contributed by atoms with van der Waals surface area (Å²) in [5.74, 6) is 1.23. The van der Waals surface area contributed by atoms with Crippen LogP contribution in [0.3, 0.4) is 0 Å². The molecule has 0 saturated heterocycles. The molecule has 21 heavy (non-hydrogen) atoms. The van der Waals surface area contributed by atoms with Crippen LogP contribution in [-0.2, 0) is 6.54 Å². The summed E-state index contributed by atoms with van der Waals surface area (Å²) in [7, 11) is 0. The summed E-state index contributed by atoms with van der Waals surface area (Å²) in [4.78, 5) is 14.5. The summed E-state index contributed by atoms with van der Waals surface area (Å²) >= 11 is 3.44. The fraction of sp³-hybridized carbons (Fsp3) is 0.429. The number of non-ortho nitro benzene ring substituents is 1. The molecule has 0 fully saturated rings. The number of aryl methyl sites for hydroxylation is 1. The van der Waals surface area contributed by atoms with Gasteiger partial charge in [0.05, 0.1) is 4.92 Å². The zero-order valence-corrected chi connectivity index (χ0v) is 13.4. The van der Waals surface area contributed by atoms with Crippen molar-refractivity contribution >= 4 is 21.6 Å². The van der Waals surface area contributed by atoms with E-state index >= 15 is 0 Å². The fourth-order valence-electron chi connectivity index (χ4n) is 1.95. The van der Waals surface area contributed by atoms with Crippen LogP contribution in [0.5, 0.6) is 0 Å². The van der Waals surface area contributed by atoms with Crippen molar-refractivity contribution in [1.29, 1.82) is 0 Å². The summed E-state index contributed by atoms with van der Waals surface area (Å²) in [6.45, 7) is 3.05. The van der Waals surface area contributed by atoms with Crippen LogP contribution in [0.15, 0.2) is 30.6 Å². The normalized spacial score (nSPS) is 12.3. The van der Waals surface area contributed by atoms with Crippen molar-refractivity contribution in [2.24, 2.45) is 5.92 Å². The van der Waals surface area contributed by atoms with Crippen LogP contribution in [0.25, 0.3) is 11.4 Å². The van der Waals surface area contributed by atoms with Gasteiger partial charge in [-0.25, -0.2) is 4.98 Å². The molecule has 1 aromatic heterocycles. The second-order valence-electron chi connectivity index (χ2n) is 5.01. The second-order valence-corrected chi connectivity index (χ2v) is 5.80. The summed E-state index contributed by atoms with van der Waals surface area (Å²) < 4.78 is 1.82. The van der Waals surface area contributed by atoms with Crippen LogP contribution in [0.4, 0.5) is 5.69 Å². The van der Waals surface area contributed by atoms with E-state index in [1.54, 1.807) is 18.5 Å². The Hall–Kier alpha value is -1.76. The molecule has 0 bridgehead atoms. The Morgan fingerprint density at radius 2 is 2.05 bits per heavy atom. The van der Waals surface area contributed by atoms with Crippen molar-refractivity contribution in [2.75, 3.05) is 5.33 Å². The molecule has 0 saturated carbocycles. The third kappa shape index (κ3) is 4.35. The first-order valence-corrected chi connectivity index (χ1v) is 7.92. The van der Waals surface area contributed by atoms with Gasteiger partial charge in [-0.15, -0.1) is 0 Å². The van der Waals surface area contributed by atoms with Gasteiger partial charge in [0.25, 0.3) is 5.69 Å². The Labute approximate surface area is 131 Å². The minimum absolute atomic E-state index is 0.0711. The smallest absolute Gasteiger partial charge is 0.258 e. The average Bonchev–Trinajstić information content (AvgIpc) is 2.94. The summed E-state index contributed by atoms with van der Waals surface area (Å²) in [5, 5.41) is 16.0. The number of hydrogen-bond acceptors (Lipinski definition) is 4. The first kappa shape index (κ1) is 15.6. The number of nitrogens with zero attached hydrogens (tertiary/aromatic N) is 4. The lowest BCUT2D eigenvalue weighted by Crippen LogP contribution is -2.04. The Morgan fingerprint density at radius 1 is 1.33 bits per heavy atom. The molecule has 1 atom stereocenters. The lowest BCUT2D eigenvalue weighted by Gasteiger charge is -2.08. The van der Waals surface area contributed by atoms with Crippen molar-refractivity contribution in [3.05, 3.63) is 40.7 Å². The highest BCUT2D eigenvalue weighted by Gasteiger charge is 2.09. The molecule has 112 valence electrons. The molecule has 2 rings (SSSR count). The number of rotatable bonds is 7. The lowest BCUT2D eigenvalue weighted by atomic mass is 10.1. The molecule has 1 heterocycles. The Bertz CT molecular complexity index is 597. The lowest BCUT2D eigenvalue weighted by molar-refractivity contribution is -0.384. The molecule has 1 aromatic carbocycles. The maximum absolute atomic E-state index is 10.6. The van der Waals surface area contributed by atoms with Gasteiger partial charge in [0.2, 0.25) is 0 Å². The summed E-state index contributed by atoms with van der Waals surface area (Å²) in [6.07, 6.45) is 3.90. The molecule has 1 unspecified atom stereocenters. The van der Waals surface area contributed by atoms with E-state index in [1.165, 1.54) is 12.1 Å². The molecule has 0 aliphatic rings. The quantitative estimate of drug-likeness (QED) is 0.433. The van der Waals surface area contributed by atoms with E-state index in [0.29, 0.717) is 11.7 Å². The minimum atomic E-state index is -0.416. The molecule has 2 aromatic rings. The highest BCUT2D eigenvalue weighted by molar-refractivity contribution is 9.09. The third-order valence-electron chi connectivity index (χ3n) is 3.33. The fourth-order valence-corrected chi connectivity index (χ4v) is 2.73. The highest BCUT2D eigenvalue weighted by atomic mass is 79.9. The van der Waals surface area contributed by atoms with Gasteiger partial charge in [-0.05, 0) is 30.9 Å². The van der Waals surface area contributed by atoms with Gasteiger partial charge in [-0.2, -0.15) is 5.10 Å². The van der Waals surface area contributed by atoms with Gasteiger partial charge in [0.1, 0.15) is 6.33 Å². The van der Waals surface area contributed by atoms with E-state index in [9.17, 15) is 10.1 Å². The molecule has 0 radical (unpaired) electrons. The third-order valence-corrected chi connectivity index (χ3v) is 3.78. The largest absolute Gasteiger partial charge is 0.269 e. The molecule has 0 spiro atoms. The molecule has 0 aliphatic carbocycles. The zero-order chi connectivity index (χ0) is 15.2. The van der Waals surface area contributed by atoms with Gasteiger partial charge in [0.15, 0.2) is 5.82 Å². The van der Waals surface area contributed by atoms with E-state index in [2.05, 4.69) is 32.9 Å². The number of nitro benzene ring substituents is 1. The summed E-state index contributed by atoms with van der Waals surface area (Å²) in [6, 6.07) is 6.28. The molecule has 6 nitrogen and oxygen atoms in total. The Balaban J connectivity index is 2.00. The minimum Gasteiger partial charge on any atom is -0.258 e. The Kier molecular flexibility index (Phi) is 5.44. The van der Waals surface area contributed by atoms with Gasteiger partial charge < -0.3 is 0 Å². The standard InChI is InChI=1S/C14H17BrN4O2/c1-11(6-8-15)7-9-18-10-16-14(17-18)12-2-4-13(5-3-12)19(20)21/h2-5,10-11H,6-9H2,1H3. The first-order valence-electron chi connectivity index (χ1n) is 6.80. The van der Waals surface area contributed by atoms with Crippen LogP contribution in [-0.4, -0.2) is 25.0 Å². The monoisotopic (exact) mass is 352 g/mol. The maximum Gasteiger partial charge on any atom is 0.269 e. The number of halogens is 1. The molecule has 0 aliphatic heterocycles. The van der Waals surface area contributed by atoms with Crippen molar-refractivity contribution in [3.8, 4) is 11.4 Å². The number of hydrogen-bond donors (Lipinski definition) is 0. The molecular weight excluding hydrogens is 336 g/mol. The molecular formula is C14H17BrN4O2. The van der Waals surface area contributed by atoms with E-state index in [0.717, 1.165) is 30.3 Å². The number of alkyl halides is 1. The number of aromatic nitrogens is 3. The number of nitro groups is 1. The topological polar surface area (TPSA) is 73.8 Å². The van der Waals surface area contributed by atoms with Gasteiger partial charge >= 0.3 is 0 Å². The molecule has 0 N–H and O–H groups in total. The predicted octanol–water partition coefficient (Wildman–Crippen LogP) is 3.66. The average molecular weight is 353 g/mol. The van der Waals surface area contributed by atoms with Crippen molar-refractivity contribution in [1.82, 2.24) is 14.8 Å². The second kappa shape index (κ2) is 7.31. The van der Waals surface area contributed by atoms with Crippen molar-refractivity contribution in [3.63, 3.8) is 0 Å². The van der Waals surface area contributed by atoms with Gasteiger partial charge in [-0.3, -0.25) is 14.8 Å². The van der Waals surface area contributed by atoms with Crippen LogP contribution >= 0.6 is 15.9 Å². The van der Waals surface area contributed by atoms with Crippen LogP contribution < -0.4 is 0 Å². The number of benzene rings is 1. The molecule has 0 amide bonds. The van der Waals surface area contributed by atoms with E-state index in [4.69, 9.17) is 0 Å². The van der Waals surface area contributed by atoms with E-state index < -0.39 is 4.92 Å². The Morgan fingerprint density at radius 3 is 2.67 bits per heavy atom. The van der Waals surface area contributed by atoms with E-state index in [-0.39, 0.29) is 5.69 Å². The van der Waals surface area contributed by atoms with Gasteiger partial charge in [-0.1, -0.05) is 22.9 Å². The molecule has 7 heteroatoms. The van der Waals surface area contributed by atoms with E-state index in [1.807, 2.05) is 4.68 Å². The van der Waals surface area contributed by atoms with Crippen LogP contribution in [0.2, 0.25) is 0 Å². The maximum atomic E-state index is 10.6. The predicted molar refractivity (Wildman–Crippen MR) is 84.3 cm³/mol. The van der Waals surface area contributed by atoms with Crippen LogP contribution in [0, 0.1) is 16.0 Å². The first-order chi connectivity index (χ1) is 10.1. The van der Waals surface area contributed by atoms with Crippen molar-refractivity contribution < 1.29 is 4.92 Å². The summed E-state index contributed by atoms with van der Waals surface area (Å²) in [5.41, 5.74) is 0.856. The highest BCUT2D eigenvalue weighted by Crippen LogP contribution is 2.19. The SMILES string of the molecule is CC(CCBr)CCn1cnc(-c2ccc([N+](=O)[O-])cc2)n1.